The van der Waals surface area contributed by atoms with E-state index in [0.29, 0.717) is 0 Å². The quantitative estimate of drug-likeness (QED) is 0.751. The van der Waals surface area contributed by atoms with Crippen LogP contribution in [0, 0.1) is 0 Å². The Hall–Kier alpha value is -1.98. The molecule has 1 aromatic heterocycles. The fraction of sp³-hybridized carbons (Fsp3) is 0.400. The number of aromatic nitrogens is 1. The van der Waals surface area contributed by atoms with Crippen molar-refractivity contribution < 1.29 is 24.2 Å². The van der Waals surface area contributed by atoms with Gasteiger partial charge < -0.3 is 19.6 Å². The number of carbonyl (C=O) groups is 2. The van der Waals surface area contributed by atoms with Gasteiger partial charge in [0.2, 0.25) is 0 Å². The summed E-state index contributed by atoms with van der Waals surface area (Å²) in [7, 11) is 0. The van der Waals surface area contributed by atoms with E-state index >= 15 is 0 Å². The highest BCUT2D eigenvalue weighted by molar-refractivity contribution is 5.99. The zero-order chi connectivity index (χ0) is 12.1. The van der Waals surface area contributed by atoms with Gasteiger partial charge in [-0.25, -0.2) is 9.59 Å². The highest BCUT2D eigenvalue weighted by Crippen LogP contribution is 2.23. The van der Waals surface area contributed by atoms with Gasteiger partial charge >= 0.3 is 11.9 Å². The molecule has 2 N–H and O–H groups in total. The van der Waals surface area contributed by atoms with Gasteiger partial charge in [0.05, 0.1) is 13.2 Å². The largest absolute Gasteiger partial charge is 0.505 e. The van der Waals surface area contributed by atoms with Crippen LogP contribution in [0.4, 0.5) is 0 Å². The fourth-order valence-corrected chi connectivity index (χ4v) is 1.14. The molecule has 0 spiro atoms. The summed E-state index contributed by atoms with van der Waals surface area (Å²) in [5.41, 5.74) is -0.227. The van der Waals surface area contributed by atoms with E-state index in [9.17, 15) is 14.7 Å². The highest BCUT2D eigenvalue weighted by Gasteiger charge is 2.22. The van der Waals surface area contributed by atoms with Gasteiger partial charge in [0.25, 0.3) is 0 Å². The summed E-state index contributed by atoms with van der Waals surface area (Å²) in [6.07, 6.45) is 1.21. The molecule has 16 heavy (non-hydrogen) atoms. The summed E-state index contributed by atoms with van der Waals surface area (Å²) in [6.45, 7) is 3.67. The average Bonchev–Trinajstić information content (AvgIpc) is 2.61. The summed E-state index contributed by atoms with van der Waals surface area (Å²) in [5.74, 6) is -1.85. The normalized spacial score (nSPS) is 9.88. The fourth-order valence-electron chi connectivity index (χ4n) is 1.14. The predicted octanol–water partition coefficient (Wildman–Crippen LogP) is 1.07. The number of rotatable bonds is 4. The second-order valence-corrected chi connectivity index (χ2v) is 2.87. The first-order chi connectivity index (χ1) is 7.61. The highest BCUT2D eigenvalue weighted by atomic mass is 16.5. The van der Waals surface area contributed by atoms with E-state index in [0.717, 1.165) is 0 Å². The zero-order valence-electron chi connectivity index (χ0n) is 9.07. The third kappa shape index (κ3) is 2.33. The maximum absolute atomic E-state index is 11.3. The molecule has 0 bridgehead atoms. The number of aromatic amines is 1. The van der Waals surface area contributed by atoms with Crippen LogP contribution in [-0.2, 0) is 9.47 Å². The van der Waals surface area contributed by atoms with Crippen molar-refractivity contribution in [3.05, 3.63) is 17.5 Å². The first-order valence-electron chi connectivity index (χ1n) is 4.86. The molecule has 88 valence electrons. The molecular weight excluding hydrogens is 214 g/mol. The van der Waals surface area contributed by atoms with Crippen LogP contribution in [0.25, 0.3) is 0 Å². The smallest absolute Gasteiger partial charge is 0.358 e. The molecule has 0 aliphatic carbocycles. The molecule has 0 aliphatic rings. The number of hydrogen-bond acceptors (Lipinski definition) is 5. The van der Waals surface area contributed by atoms with E-state index in [2.05, 4.69) is 9.72 Å². The van der Waals surface area contributed by atoms with E-state index < -0.39 is 17.7 Å². The Labute approximate surface area is 92.2 Å². The number of hydrogen-bond donors (Lipinski definition) is 2. The lowest BCUT2D eigenvalue weighted by Gasteiger charge is -2.01. The van der Waals surface area contributed by atoms with Crippen LogP contribution in [0.1, 0.15) is 34.7 Å². The van der Waals surface area contributed by atoms with Gasteiger partial charge in [-0.2, -0.15) is 0 Å². The van der Waals surface area contributed by atoms with Crippen molar-refractivity contribution in [2.45, 2.75) is 13.8 Å². The van der Waals surface area contributed by atoms with Crippen LogP contribution >= 0.6 is 0 Å². The molecular formula is C10H13NO5. The Bertz CT molecular complexity index is 360. The van der Waals surface area contributed by atoms with Crippen LogP contribution in [0.2, 0.25) is 0 Å². The lowest BCUT2D eigenvalue weighted by atomic mass is 10.3. The van der Waals surface area contributed by atoms with E-state index in [1.807, 2.05) is 0 Å². The van der Waals surface area contributed by atoms with Gasteiger partial charge in [-0.3, -0.25) is 0 Å². The minimum Gasteiger partial charge on any atom is -0.505 e. The molecule has 0 saturated carbocycles. The van der Waals surface area contributed by atoms with Crippen LogP contribution in [0.3, 0.4) is 0 Å². The Balaban J connectivity index is 2.92. The molecule has 6 heteroatoms. The maximum atomic E-state index is 11.3. The molecule has 6 nitrogen and oxygen atoms in total. The summed E-state index contributed by atoms with van der Waals surface area (Å²) >= 11 is 0. The first-order valence-corrected chi connectivity index (χ1v) is 4.86. The Morgan fingerprint density at radius 1 is 1.25 bits per heavy atom. The summed E-state index contributed by atoms with van der Waals surface area (Å²) in [5, 5.41) is 9.59. The van der Waals surface area contributed by atoms with E-state index in [4.69, 9.17) is 4.74 Å². The van der Waals surface area contributed by atoms with Crippen molar-refractivity contribution in [1.29, 1.82) is 0 Å². The number of aromatic hydroxyl groups is 1. The lowest BCUT2D eigenvalue weighted by Crippen LogP contribution is -2.06. The second kappa shape index (κ2) is 5.20. The van der Waals surface area contributed by atoms with Crippen LogP contribution in [0.15, 0.2) is 6.20 Å². The van der Waals surface area contributed by atoms with Gasteiger partial charge in [-0.15, -0.1) is 0 Å². The van der Waals surface area contributed by atoms with Crippen molar-refractivity contribution in [3.63, 3.8) is 0 Å². The van der Waals surface area contributed by atoms with Gasteiger partial charge in [-0.05, 0) is 13.8 Å². The number of nitrogens with one attached hydrogen (secondary N) is 1. The minimum atomic E-state index is -0.712. The first kappa shape index (κ1) is 12.1. The predicted molar refractivity (Wildman–Crippen MR) is 54.4 cm³/mol. The monoisotopic (exact) mass is 227 g/mol. The third-order valence-electron chi connectivity index (χ3n) is 1.83. The zero-order valence-corrected chi connectivity index (χ0v) is 9.07. The Morgan fingerprint density at radius 2 is 1.81 bits per heavy atom. The molecule has 0 aromatic carbocycles. The van der Waals surface area contributed by atoms with E-state index in [1.165, 1.54) is 6.20 Å². The van der Waals surface area contributed by atoms with Crippen molar-refractivity contribution in [3.8, 4) is 5.75 Å². The summed E-state index contributed by atoms with van der Waals surface area (Å²) in [6, 6.07) is 0. The molecule has 1 rings (SSSR count). The molecule has 1 aromatic rings. The standard InChI is InChI=1S/C10H13NO5/c1-3-15-9(13)6-5-11-7(8(6)12)10(14)16-4-2/h5,11-12H,3-4H2,1-2H3. The Morgan fingerprint density at radius 3 is 2.38 bits per heavy atom. The summed E-state index contributed by atoms with van der Waals surface area (Å²) < 4.78 is 9.37. The van der Waals surface area contributed by atoms with Crippen molar-refractivity contribution in [2.24, 2.45) is 0 Å². The van der Waals surface area contributed by atoms with Crippen LogP contribution < -0.4 is 0 Å². The number of carbonyl (C=O) groups excluding carboxylic acids is 2. The maximum Gasteiger partial charge on any atom is 0.358 e. The number of H-pyrrole nitrogens is 1. The molecule has 0 fully saturated rings. The molecule has 0 saturated heterocycles. The van der Waals surface area contributed by atoms with Gasteiger partial charge in [-0.1, -0.05) is 0 Å². The molecule has 0 aliphatic heterocycles. The van der Waals surface area contributed by atoms with E-state index in [1.54, 1.807) is 13.8 Å². The molecule has 0 unspecified atom stereocenters. The van der Waals surface area contributed by atoms with Gasteiger partial charge in [0.1, 0.15) is 5.56 Å². The Kier molecular flexibility index (Phi) is 3.93. The van der Waals surface area contributed by atoms with Crippen molar-refractivity contribution in [2.75, 3.05) is 13.2 Å². The molecule has 1 heterocycles. The van der Waals surface area contributed by atoms with Gasteiger partial charge in [0.15, 0.2) is 11.4 Å². The van der Waals surface area contributed by atoms with Crippen LogP contribution in [0.5, 0.6) is 5.75 Å². The average molecular weight is 227 g/mol. The van der Waals surface area contributed by atoms with Crippen LogP contribution in [-0.4, -0.2) is 35.2 Å². The molecule has 0 amide bonds. The SMILES string of the molecule is CCOC(=O)c1c[nH]c(C(=O)OCC)c1O. The summed E-state index contributed by atoms with van der Waals surface area (Å²) in [4.78, 5) is 25.1. The van der Waals surface area contributed by atoms with Crippen molar-refractivity contribution >= 4 is 11.9 Å². The molecule has 0 atom stereocenters. The third-order valence-corrected chi connectivity index (χ3v) is 1.83. The number of esters is 2. The molecule has 0 radical (unpaired) electrons. The number of ether oxygens (including phenoxy) is 2. The topological polar surface area (TPSA) is 88.6 Å². The second-order valence-electron chi connectivity index (χ2n) is 2.87. The lowest BCUT2D eigenvalue weighted by molar-refractivity contribution is 0.0517. The van der Waals surface area contributed by atoms with Gasteiger partial charge in [0, 0.05) is 6.20 Å². The minimum absolute atomic E-state index is 0.0788. The van der Waals surface area contributed by atoms with Crippen molar-refractivity contribution in [1.82, 2.24) is 4.98 Å². The van der Waals surface area contributed by atoms with E-state index in [-0.39, 0.29) is 24.5 Å².